The van der Waals surface area contributed by atoms with Gasteiger partial charge in [0.2, 0.25) is 0 Å². The van der Waals surface area contributed by atoms with Crippen LogP contribution in [0.15, 0.2) is 36.5 Å². The summed E-state index contributed by atoms with van der Waals surface area (Å²) in [4.78, 5) is 9.06. The van der Waals surface area contributed by atoms with Crippen LogP contribution in [0.2, 0.25) is 0 Å². The molecule has 0 fully saturated rings. The number of fused-ring (bicyclic) bond motifs is 1. The molecule has 108 valence electrons. The molecule has 1 atom stereocenters. The van der Waals surface area contributed by atoms with Crippen molar-refractivity contribution in [1.29, 1.82) is 0 Å². The highest BCUT2D eigenvalue weighted by Gasteiger charge is 2.15. The van der Waals surface area contributed by atoms with E-state index in [1.165, 1.54) is 5.56 Å². The van der Waals surface area contributed by atoms with Crippen molar-refractivity contribution in [2.45, 2.75) is 32.7 Å². The summed E-state index contributed by atoms with van der Waals surface area (Å²) >= 11 is 6.31. The number of hydrogen-bond donors (Lipinski definition) is 0. The van der Waals surface area contributed by atoms with E-state index in [2.05, 4.69) is 40.7 Å². The second kappa shape index (κ2) is 5.49. The molecule has 0 spiro atoms. The van der Waals surface area contributed by atoms with Gasteiger partial charge in [-0.2, -0.15) is 0 Å². The van der Waals surface area contributed by atoms with Crippen molar-refractivity contribution in [2.75, 3.05) is 0 Å². The van der Waals surface area contributed by atoms with Gasteiger partial charge in [-0.05, 0) is 50.1 Å². The maximum Gasteiger partial charge on any atom is 0.128 e. The number of nitrogens with zero attached hydrogens (tertiary/aromatic N) is 3. The normalized spacial score (nSPS) is 12.8. The standard InChI is InChI=1S/C17H18ClN3/c1-11-4-7-16-15(8-11)20-17(13(3)18)21(16)10-14-6-5-12(2)19-9-14/h4-9,13H,10H2,1-3H3. The van der Waals surface area contributed by atoms with Crippen molar-refractivity contribution < 1.29 is 0 Å². The fourth-order valence-electron chi connectivity index (χ4n) is 2.50. The van der Waals surface area contributed by atoms with Crippen molar-refractivity contribution >= 4 is 22.6 Å². The lowest BCUT2D eigenvalue weighted by molar-refractivity contribution is 0.740. The van der Waals surface area contributed by atoms with E-state index >= 15 is 0 Å². The van der Waals surface area contributed by atoms with Crippen molar-refractivity contribution in [1.82, 2.24) is 14.5 Å². The third kappa shape index (κ3) is 2.79. The van der Waals surface area contributed by atoms with E-state index in [-0.39, 0.29) is 5.38 Å². The Morgan fingerprint density at radius 1 is 1.19 bits per heavy atom. The lowest BCUT2D eigenvalue weighted by Crippen LogP contribution is -2.06. The molecule has 3 aromatic rings. The molecule has 0 aliphatic heterocycles. The SMILES string of the molecule is Cc1ccc2c(c1)nc(C(C)Cl)n2Cc1ccc(C)nc1. The predicted molar refractivity (Wildman–Crippen MR) is 86.8 cm³/mol. The van der Waals surface area contributed by atoms with E-state index in [1.807, 2.05) is 26.1 Å². The average Bonchev–Trinajstić information content (AvgIpc) is 2.79. The summed E-state index contributed by atoms with van der Waals surface area (Å²) in [5.74, 6) is 0.901. The van der Waals surface area contributed by atoms with Gasteiger partial charge in [0, 0.05) is 11.9 Å². The van der Waals surface area contributed by atoms with Crippen molar-refractivity contribution in [2.24, 2.45) is 0 Å². The zero-order valence-electron chi connectivity index (χ0n) is 12.5. The number of rotatable bonds is 3. The number of pyridine rings is 1. The van der Waals surface area contributed by atoms with Crippen LogP contribution < -0.4 is 0 Å². The first-order chi connectivity index (χ1) is 10.0. The number of benzene rings is 1. The number of hydrogen-bond acceptors (Lipinski definition) is 2. The summed E-state index contributed by atoms with van der Waals surface area (Å²) in [7, 11) is 0. The topological polar surface area (TPSA) is 30.7 Å². The summed E-state index contributed by atoms with van der Waals surface area (Å²) in [6.45, 7) is 6.76. The first-order valence-electron chi connectivity index (χ1n) is 7.07. The second-order valence-corrected chi connectivity index (χ2v) is 6.13. The fraction of sp³-hybridized carbons (Fsp3) is 0.294. The van der Waals surface area contributed by atoms with Crippen LogP contribution in [0.5, 0.6) is 0 Å². The van der Waals surface area contributed by atoms with Crippen molar-refractivity contribution in [3.05, 3.63) is 59.2 Å². The summed E-state index contributed by atoms with van der Waals surface area (Å²) in [5, 5.41) is -0.129. The fourth-order valence-corrected chi connectivity index (χ4v) is 2.67. The van der Waals surface area contributed by atoms with E-state index < -0.39 is 0 Å². The highest BCUT2D eigenvalue weighted by Crippen LogP contribution is 2.26. The van der Waals surface area contributed by atoms with E-state index in [1.54, 1.807) is 0 Å². The second-order valence-electron chi connectivity index (χ2n) is 5.47. The van der Waals surface area contributed by atoms with Gasteiger partial charge < -0.3 is 4.57 Å². The van der Waals surface area contributed by atoms with Crippen LogP contribution in [0.3, 0.4) is 0 Å². The Morgan fingerprint density at radius 2 is 2.00 bits per heavy atom. The van der Waals surface area contributed by atoms with Crippen molar-refractivity contribution in [3.63, 3.8) is 0 Å². The Morgan fingerprint density at radius 3 is 2.67 bits per heavy atom. The van der Waals surface area contributed by atoms with E-state index in [0.717, 1.165) is 34.7 Å². The van der Waals surface area contributed by atoms with Crippen LogP contribution in [0.4, 0.5) is 0 Å². The van der Waals surface area contributed by atoms with Crippen LogP contribution >= 0.6 is 11.6 Å². The smallest absolute Gasteiger partial charge is 0.128 e. The maximum atomic E-state index is 6.31. The van der Waals surface area contributed by atoms with E-state index in [9.17, 15) is 0 Å². The molecule has 1 aromatic carbocycles. The molecule has 2 heterocycles. The molecular formula is C17H18ClN3. The average molecular weight is 300 g/mol. The van der Waals surface area contributed by atoms with Crippen LogP contribution in [0, 0.1) is 13.8 Å². The molecule has 0 aliphatic rings. The third-order valence-electron chi connectivity index (χ3n) is 3.60. The molecule has 0 radical (unpaired) electrons. The largest absolute Gasteiger partial charge is 0.322 e. The van der Waals surface area contributed by atoms with Crippen molar-refractivity contribution in [3.8, 4) is 0 Å². The first kappa shape index (κ1) is 14.1. The molecule has 3 rings (SSSR count). The molecule has 0 aliphatic carbocycles. The number of aryl methyl sites for hydroxylation is 2. The molecule has 0 saturated heterocycles. The molecule has 0 N–H and O–H groups in total. The zero-order chi connectivity index (χ0) is 15.0. The van der Waals surface area contributed by atoms with Gasteiger partial charge in [0.05, 0.1) is 23.0 Å². The summed E-state index contributed by atoms with van der Waals surface area (Å²) in [6.07, 6.45) is 1.91. The molecule has 0 saturated carbocycles. The summed E-state index contributed by atoms with van der Waals surface area (Å²) < 4.78 is 2.18. The summed E-state index contributed by atoms with van der Waals surface area (Å²) in [5.41, 5.74) is 5.49. The molecular weight excluding hydrogens is 282 g/mol. The molecule has 21 heavy (non-hydrogen) atoms. The Hall–Kier alpha value is -1.87. The highest BCUT2D eigenvalue weighted by atomic mass is 35.5. The quantitative estimate of drug-likeness (QED) is 0.671. The number of halogens is 1. The van der Waals surface area contributed by atoms with Gasteiger partial charge in [-0.1, -0.05) is 12.1 Å². The van der Waals surface area contributed by atoms with Gasteiger partial charge in [0.25, 0.3) is 0 Å². The van der Waals surface area contributed by atoms with Crippen LogP contribution in [-0.2, 0) is 6.54 Å². The number of aromatic nitrogens is 3. The molecule has 0 bridgehead atoms. The predicted octanol–water partition coefficient (Wildman–Crippen LogP) is 4.40. The Bertz CT molecular complexity index is 773. The van der Waals surface area contributed by atoms with Gasteiger partial charge >= 0.3 is 0 Å². The van der Waals surface area contributed by atoms with Gasteiger partial charge in [0.1, 0.15) is 5.82 Å². The van der Waals surface area contributed by atoms with E-state index in [0.29, 0.717) is 0 Å². The third-order valence-corrected chi connectivity index (χ3v) is 3.80. The Kier molecular flexibility index (Phi) is 3.68. The van der Waals surface area contributed by atoms with Gasteiger partial charge in [0.15, 0.2) is 0 Å². The molecule has 3 nitrogen and oxygen atoms in total. The van der Waals surface area contributed by atoms with E-state index in [4.69, 9.17) is 16.6 Å². The molecule has 1 unspecified atom stereocenters. The zero-order valence-corrected chi connectivity index (χ0v) is 13.2. The Labute approximate surface area is 129 Å². The highest BCUT2D eigenvalue weighted by molar-refractivity contribution is 6.20. The van der Waals surface area contributed by atoms with Gasteiger partial charge in [-0.3, -0.25) is 4.98 Å². The van der Waals surface area contributed by atoms with Crippen LogP contribution in [0.25, 0.3) is 11.0 Å². The lowest BCUT2D eigenvalue weighted by atomic mass is 10.2. The van der Waals surface area contributed by atoms with Gasteiger partial charge in [-0.25, -0.2) is 4.98 Å². The Balaban J connectivity index is 2.10. The van der Waals surface area contributed by atoms with Gasteiger partial charge in [-0.15, -0.1) is 11.6 Å². The number of imidazole rings is 1. The molecule has 2 aromatic heterocycles. The molecule has 0 amide bonds. The van der Waals surface area contributed by atoms with Crippen LogP contribution in [0.1, 0.15) is 34.9 Å². The first-order valence-corrected chi connectivity index (χ1v) is 7.50. The van der Waals surface area contributed by atoms with Crippen LogP contribution in [-0.4, -0.2) is 14.5 Å². The minimum Gasteiger partial charge on any atom is -0.322 e. The minimum atomic E-state index is -0.129. The lowest BCUT2D eigenvalue weighted by Gasteiger charge is -2.10. The monoisotopic (exact) mass is 299 g/mol. The maximum absolute atomic E-state index is 6.31. The minimum absolute atomic E-state index is 0.129. The number of alkyl halides is 1. The molecule has 4 heteroatoms. The summed E-state index contributed by atoms with van der Waals surface area (Å²) in [6, 6.07) is 10.5.